The highest BCUT2D eigenvalue weighted by molar-refractivity contribution is 9.11. The van der Waals surface area contributed by atoms with Gasteiger partial charge < -0.3 is 15.0 Å². The second-order valence-electron chi connectivity index (χ2n) is 5.86. The van der Waals surface area contributed by atoms with Crippen molar-refractivity contribution < 1.29 is 14.3 Å². The molecule has 2 rings (SSSR count). The van der Waals surface area contributed by atoms with Crippen LogP contribution in [0.1, 0.15) is 36.9 Å². The first-order chi connectivity index (χ1) is 9.74. The Kier molecular flexibility index (Phi) is 4.88. The molecule has 21 heavy (non-hydrogen) atoms. The minimum atomic E-state index is -0.507. The number of hydrogen-bond donors (Lipinski definition) is 1. The number of carbonyl (C=O) groups is 2. The summed E-state index contributed by atoms with van der Waals surface area (Å²) in [5.74, 6) is -0.158. The summed E-state index contributed by atoms with van der Waals surface area (Å²) in [5.41, 5.74) is -0.507. The number of thiazole rings is 1. The van der Waals surface area contributed by atoms with Gasteiger partial charge in [-0.2, -0.15) is 0 Å². The lowest BCUT2D eigenvalue weighted by atomic mass is 10.2. The Morgan fingerprint density at radius 3 is 2.81 bits per heavy atom. The average Bonchev–Trinajstić information content (AvgIpc) is 2.96. The first-order valence-electron chi connectivity index (χ1n) is 6.65. The van der Waals surface area contributed by atoms with Crippen molar-refractivity contribution in [2.75, 3.05) is 13.1 Å². The number of aromatic nitrogens is 1. The Labute approximate surface area is 136 Å². The Morgan fingerprint density at radius 1 is 1.52 bits per heavy atom. The lowest BCUT2D eigenvalue weighted by molar-refractivity contribution is 0.0290. The van der Waals surface area contributed by atoms with Gasteiger partial charge in [-0.1, -0.05) is 0 Å². The van der Waals surface area contributed by atoms with Crippen LogP contribution in [0, 0.1) is 0 Å². The van der Waals surface area contributed by atoms with Gasteiger partial charge in [0.2, 0.25) is 0 Å². The molecule has 1 aliphatic heterocycles. The van der Waals surface area contributed by atoms with E-state index in [1.54, 1.807) is 4.90 Å². The van der Waals surface area contributed by atoms with Gasteiger partial charge in [-0.25, -0.2) is 9.78 Å². The Balaban J connectivity index is 1.85. The highest BCUT2D eigenvalue weighted by atomic mass is 79.9. The Hall–Kier alpha value is -1.15. The second-order valence-corrected chi connectivity index (χ2v) is 8.17. The summed E-state index contributed by atoms with van der Waals surface area (Å²) in [6.07, 6.45) is 1.93. The molecule has 2 heterocycles. The maximum Gasteiger partial charge on any atom is 0.410 e. The molecule has 1 unspecified atom stereocenters. The van der Waals surface area contributed by atoms with Gasteiger partial charge >= 0.3 is 6.09 Å². The second kappa shape index (κ2) is 6.31. The first-order valence-corrected chi connectivity index (χ1v) is 8.25. The average molecular weight is 376 g/mol. The third-order valence-corrected chi connectivity index (χ3v) is 4.35. The van der Waals surface area contributed by atoms with Crippen LogP contribution in [0.3, 0.4) is 0 Å². The van der Waals surface area contributed by atoms with Gasteiger partial charge in [0.1, 0.15) is 10.5 Å². The summed E-state index contributed by atoms with van der Waals surface area (Å²) in [6, 6.07) is -0.0501. The van der Waals surface area contributed by atoms with E-state index < -0.39 is 5.60 Å². The van der Waals surface area contributed by atoms with Crippen molar-refractivity contribution in [3.63, 3.8) is 0 Å². The van der Waals surface area contributed by atoms with Crippen molar-refractivity contribution in [1.29, 1.82) is 0 Å². The number of likely N-dealkylation sites (tertiary alicyclic amines) is 1. The van der Waals surface area contributed by atoms with Crippen molar-refractivity contribution in [1.82, 2.24) is 15.2 Å². The van der Waals surface area contributed by atoms with Crippen LogP contribution in [0.4, 0.5) is 4.79 Å². The number of ether oxygens (including phenoxy) is 1. The molecule has 8 heteroatoms. The number of nitrogens with zero attached hydrogens (tertiary/aromatic N) is 2. The monoisotopic (exact) mass is 375 g/mol. The van der Waals surface area contributed by atoms with Crippen LogP contribution in [0.5, 0.6) is 0 Å². The van der Waals surface area contributed by atoms with E-state index in [1.807, 2.05) is 20.8 Å². The third-order valence-electron chi connectivity index (χ3n) is 2.88. The lowest BCUT2D eigenvalue weighted by Gasteiger charge is -2.24. The number of nitrogens with one attached hydrogen (secondary N) is 1. The third kappa shape index (κ3) is 4.67. The molecule has 1 aliphatic rings. The molecule has 0 saturated carbocycles. The van der Waals surface area contributed by atoms with Crippen LogP contribution in [0.25, 0.3) is 0 Å². The van der Waals surface area contributed by atoms with Crippen LogP contribution < -0.4 is 5.32 Å². The van der Waals surface area contributed by atoms with Crippen molar-refractivity contribution in [3.8, 4) is 0 Å². The highest BCUT2D eigenvalue weighted by Gasteiger charge is 2.30. The van der Waals surface area contributed by atoms with Crippen molar-refractivity contribution >= 4 is 39.3 Å². The fraction of sp³-hybridized carbons (Fsp3) is 0.615. The molecule has 2 amide bonds. The van der Waals surface area contributed by atoms with E-state index in [0.29, 0.717) is 21.9 Å². The van der Waals surface area contributed by atoms with Crippen LogP contribution in [0.15, 0.2) is 10.1 Å². The zero-order valence-corrected chi connectivity index (χ0v) is 14.6. The van der Waals surface area contributed by atoms with E-state index in [9.17, 15) is 9.59 Å². The normalized spacial score (nSPS) is 18.7. The molecule has 0 spiro atoms. The SMILES string of the molecule is CC(C)(C)OC(=O)N1CCC(NC(=O)c2cnc(Br)s2)C1. The number of carbonyl (C=O) groups excluding carboxylic acids is 2. The molecule has 0 radical (unpaired) electrons. The van der Waals surface area contributed by atoms with Crippen LogP contribution >= 0.6 is 27.3 Å². The molecule has 0 aromatic carbocycles. The van der Waals surface area contributed by atoms with Crippen LogP contribution in [-0.4, -0.2) is 46.6 Å². The van der Waals surface area contributed by atoms with Gasteiger partial charge in [0.25, 0.3) is 5.91 Å². The number of halogens is 1. The quantitative estimate of drug-likeness (QED) is 0.862. The van der Waals surface area contributed by atoms with E-state index >= 15 is 0 Å². The minimum Gasteiger partial charge on any atom is -0.444 e. The smallest absolute Gasteiger partial charge is 0.410 e. The number of rotatable bonds is 2. The lowest BCUT2D eigenvalue weighted by Crippen LogP contribution is -2.40. The standard InChI is InChI=1S/C13H18BrN3O3S/c1-13(2,3)20-12(19)17-5-4-8(7-17)16-10(18)9-6-15-11(14)21-9/h6,8H,4-5,7H2,1-3H3,(H,16,18). The Morgan fingerprint density at radius 2 is 2.24 bits per heavy atom. The van der Waals surface area contributed by atoms with E-state index in [0.717, 1.165) is 6.42 Å². The first kappa shape index (κ1) is 16.2. The van der Waals surface area contributed by atoms with Gasteiger partial charge in [0.05, 0.1) is 6.20 Å². The van der Waals surface area contributed by atoms with Gasteiger partial charge in [-0.3, -0.25) is 4.79 Å². The van der Waals surface area contributed by atoms with Crippen LogP contribution in [0.2, 0.25) is 0 Å². The minimum absolute atomic E-state index is 0.0501. The van der Waals surface area contributed by atoms with E-state index in [1.165, 1.54) is 17.5 Å². The summed E-state index contributed by atoms with van der Waals surface area (Å²) in [4.78, 5) is 30.1. The molecule has 1 N–H and O–H groups in total. The van der Waals surface area contributed by atoms with Gasteiger partial charge in [0, 0.05) is 19.1 Å². The molecule has 0 aliphatic carbocycles. The predicted molar refractivity (Wildman–Crippen MR) is 83.5 cm³/mol. The summed E-state index contributed by atoms with van der Waals surface area (Å²) < 4.78 is 6.00. The van der Waals surface area contributed by atoms with Crippen molar-refractivity contribution in [2.24, 2.45) is 0 Å². The molecular weight excluding hydrogens is 358 g/mol. The van der Waals surface area contributed by atoms with E-state index in [4.69, 9.17) is 4.74 Å². The molecule has 116 valence electrons. The van der Waals surface area contributed by atoms with Crippen molar-refractivity contribution in [3.05, 3.63) is 15.0 Å². The van der Waals surface area contributed by atoms with Crippen molar-refractivity contribution in [2.45, 2.75) is 38.8 Å². The molecule has 6 nitrogen and oxygen atoms in total. The zero-order chi connectivity index (χ0) is 15.6. The summed E-state index contributed by atoms with van der Waals surface area (Å²) in [7, 11) is 0. The zero-order valence-electron chi connectivity index (χ0n) is 12.2. The molecular formula is C13H18BrN3O3S. The molecule has 1 aromatic heterocycles. The van der Waals surface area contributed by atoms with Gasteiger partial charge in [0.15, 0.2) is 3.92 Å². The van der Waals surface area contributed by atoms with E-state index in [2.05, 4.69) is 26.2 Å². The highest BCUT2D eigenvalue weighted by Crippen LogP contribution is 2.19. The number of hydrogen-bond acceptors (Lipinski definition) is 5. The largest absolute Gasteiger partial charge is 0.444 e. The maximum atomic E-state index is 12.0. The Bertz CT molecular complexity index is 541. The maximum absolute atomic E-state index is 12.0. The topological polar surface area (TPSA) is 71.5 Å². The van der Waals surface area contributed by atoms with E-state index in [-0.39, 0.29) is 18.0 Å². The summed E-state index contributed by atoms with van der Waals surface area (Å²) >= 11 is 4.51. The summed E-state index contributed by atoms with van der Waals surface area (Å²) in [5, 5.41) is 2.92. The fourth-order valence-electron chi connectivity index (χ4n) is 1.98. The molecule has 1 atom stereocenters. The number of amides is 2. The van der Waals surface area contributed by atoms with Crippen LogP contribution in [-0.2, 0) is 4.74 Å². The molecule has 0 bridgehead atoms. The molecule has 1 saturated heterocycles. The molecule has 1 fully saturated rings. The summed E-state index contributed by atoms with van der Waals surface area (Å²) in [6.45, 7) is 6.57. The van der Waals surface area contributed by atoms with Gasteiger partial charge in [-0.15, -0.1) is 11.3 Å². The fourth-order valence-corrected chi connectivity index (χ4v) is 3.15. The predicted octanol–water partition coefficient (Wildman–Crippen LogP) is 2.64. The van der Waals surface area contributed by atoms with Gasteiger partial charge in [-0.05, 0) is 43.1 Å². The molecule has 1 aromatic rings.